The maximum atomic E-state index is 11.2. The highest BCUT2D eigenvalue weighted by atomic mass is 16.1. The lowest BCUT2D eigenvalue weighted by Crippen LogP contribution is -2.49. The Labute approximate surface area is 178 Å². The number of piperazine rings is 1. The average molecular weight is 407 g/mol. The van der Waals surface area contributed by atoms with E-state index < -0.39 is 0 Å². The molecule has 0 saturated carbocycles. The molecule has 0 aromatic heterocycles. The van der Waals surface area contributed by atoms with Crippen LogP contribution >= 0.6 is 0 Å². The zero-order valence-electron chi connectivity index (χ0n) is 17.4. The van der Waals surface area contributed by atoms with E-state index in [1.54, 1.807) is 6.07 Å². The molecule has 2 N–H and O–H groups in total. The summed E-state index contributed by atoms with van der Waals surface area (Å²) >= 11 is 0. The van der Waals surface area contributed by atoms with E-state index in [1.165, 1.54) is 5.69 Å². The van der Waals surface area contributed by atoms with Gasteiger partial charge in [-0.2, -0.15) is 0 Å². The number of rotatable bonds is 6. The van der Waals surface area contributed by atoms with Crippen molar-refractivity contribution in [2.75, 3.05) is 61.3 Å². The van der Waals surface area contributed by atoms with Crippen molar-refractivity contribution >= 4 is 29.6 Å². The number of hydrogen-bond donors (Lipinski definition) is 1. The van der Waals surface area contributed by atoms with Crippen LogP contribution in [0.5, 0.6) is 0 Å². The van der Waals surface area contributed by atoms with Crippen LogP contribution in [0.25, 0.3) is 0 Å². The lowest BCUT2D eigenvalue weighted by atomic mass is 9.95. The summed E-state index contributed by atoms with van der Waals surface area (Å²) in [4.78, 5) is 29.6. The van der Waals surface area contributed by atoms with E-state index >= 15 is 0 Å². The highest BCUT2D eigenvalue weighted by Gasteiger charge is 2.24. The molecule has 2 fully saturated rings. The van der Waals surface area contributed by atoms with Gasteiger partial charge in [0.15, 0.2) is 12.6 Å². The summed E-state index contributed by atoms with van der Waals surface area (Å²) in [5, 5.41) is 0. The molecule has 0 amide bonds. The molecule has 0 spiro atoms. The summed E-state index contributed by atoms with van der Waals surface area (Å²) in [5.41, 5.74) is 9.84. The minimum Gasteiger partial charge on any atom is -0.399 e. The van der Waals surface area contributed by atoms with Crippen molar-refractivity contribution in [2.24, 2.45) is 5.92 Å². The minimum absolute atomic E-state index is 0.460. The number of hydrogen-bond acceptors (Lipinski definition) is 6. The van der Waals surface area contributed by atoms with Gasteiger partial charge >= 0.3 is 0 Å². The van der Waals surface area contributed by atoms with Crippen molar-refractivity contribution in [3.8, 4) is 0 Å². The van der Waals surface area contributed by atoms with Crippen LogP contribution < -0.4 is 15.5 Å². The SMILES string of the molecule is Nc1ccc(N2CCN(CC3CCN(c4ccc(C=O)c(C=O)c4)CC3)CC2)cc1. The Hall–Kier alpha value is -2.86. The second-order valence-electron chi connectivity index (χ2n) is 8.36. The van der Waals surface area contributed by atoms with Crippen LogP contribution in [0.4, 0.5) is 17.1 Å². The summed E-state index contributed by atoms with van der Waals surface area (Å²) in [6, 6.07) is 13.7. The summed E-state index contributed by atoms with van der Waals surface area (Å²) < 4.78 is 0. The number of aldehydes is 2. The summed E-state index contributed by atoms with van der Waals surface area (Å²) in [5.74, 6) is 0.712. The van der Waals surface area contributed by atoms with Gasteiger partial charge in [-0.1, -0.05) is 0 Å². The molecule has 0 atom stereocenters. The van der Waals surface area contributed by atoms with Crippen molar-refractivity contribution in [3.63, 3.8) is 0 Å². The third-order valence-corrected chi connectivity index (χ3v) is 6.45. The van der Waals surface area contributed by atoms with Gasteiger partial charge in [-0.25, -0.2) is 0 Å². The number of nitrogens with zero attached hydrogens (tertiary/aromatic N) is 3. The quantitative estimate of drug-likeness (QED) is 0.588. The molecule has 158 valence electrons. The first-order valence-electron chi connectivity index (χ1n) is 10.8. The van der Waals surface area contributed by atoms with Crippen LogP contribution in [0.1, 0.15) is 33.6 Å². The number of piperidine rings is 1. The average Bonchev–Trinajstić information content (AvgIpc) is 2.80. The molecule has 2 aliphatic heterocycles. The van der Waals surface area contributed by atoms with Crippen LogP contribution in [0.15, 0.2) is 42.5 Å². The van der Waals surface area contributed by atoms with Crippen LogP contribution in [0, 0.1) is 5.92 Å². The summed E-state index contributed by atoms with van der Waals surface area (Å²) in [6.45, 7) is 7.46. The van der Waals surface area contributed by atoms with Gasteiger partial charge in [0.2, 0.25) is 0 Å². The molecular weight excluding hydrogens is 376 g/mol. The number of benzene rings is 2. The largest absolute Gasteiger partial charge is 0.399 e. The Morgan fingerprint density at radius 2 is 1.37 bits per heavy atom. The third-order valence-electron chi connectivity index (χ3n) is 6.45. The molecule has 2 saturated heterocycles. The number of carbonyl (C=O) groups excluding carboxylic acids is 2. The van der Waals surface area contributed by atoms with Gasteiger partial charge in [0, 0.05) is 74.0 Å². The fourth-order valence-electron chi connectivity index (χ4n) is 4.58. The van der Waals surface area contributed by atoms with Gasteiger partial charge in [-0.05, 0) is 61.2 Å². The predicted octanol–water partition coefficient (Wildman–Crippen LogP) is 2.93. The van der Waals surface area contributed by atoms with Crippen LogP contribution in [-0.4, -0.2) is 63.3 Å². The van der Waals surface area contributed by atoms with E-state index in [1.807, 2.05) is 24.3 Å². The van der Waals surface area contributed by atoms with Crippen molar-refractivity contribution in [2.45, 2.75) is 12.8 Å². The van der Waals surface area contributed by atoms with Gasteiger partial charge in [-0.3, -0.25) is 14.5 Å². The van der Waals surface area contributed by atoms with Gasteiger partial charge < -0.3 is 15.5 Å². The number of nitrogens with two attached hydrogens (primary N) is 1. The monoisotopic (exact) mass is 406 g/mol. The summed E-state index contributed by atoms with van der Waals surface area (Å²) in [7, 11) is 0. The fraction of sp³-hybridized carbons (Fsp3) is 0.417. The molecule has 4 rings (SSSR count). The Bertz CT molecular complexity index is 867. The van der Waals surface area contributed by atoms with E-state index in [-0.39, 0.29) is 0 Å². The van der Waals surface area contributed by atoms with E-state index in [4.69, 9.17) is 5.73 Å². The maximum Gasteiger partial charge on any atom is 0.150 e. The standard InChI is InChI=1S/C24H30N4O2/c25-22-2-5-23(6-3-22)28-13-11-26(12-14-28)16-19-7-9-27(10-8-19)24-4-1-20(17-29)21(15-24)18-30/h1-6,15,17-19H,7-14,16,25H2. The molecule has 0 bridgehead atoms. The first kappa shape index (κ1) is 20.4. The minimum atomic E-state index is 0.460. The van der Waals surface area contributed by atoms with Gasteiger partial charge in [-0.15, -0.1) is 0 Å². The molecular formula is C24H30N4O2. The Morgan fingerprint density at radius 1 is 0.767 bits per heavy atom. The molecule has 2 aromatic rings. The highest BCUT2D eigenvalue weighted by molar-refractivity contribution is 5.91. The zero-order chi connectivity index (χ0) is 20.9. The lowest BCUT2D eigenvalue weighted by Gasteiger charge is -2.40. The van der Waals surface area contributed by atoms with Gasteiger partial charge in [0.05, 0.1) is 0 Å². The summed E-state index contributed by atoms with van der Waals surface area (Å²) in [6.07, 6.45) is 3.82. The molecule has 6 heteroatoms. The number of anilines is 3. The van der Waals surface area contributed by atoms with Gasteiger partial charge in [0.25, 0.3) is 0 Å². The smallest absolute Gasteiger partial charge is 0.150 e. The molecule has 0 aliphatic carbocycles. The maximum absolute atomic E-state index is 11.2. The molecule has 2 aliphatic rings. The van der Waals surface area contributed by atoms with Crippen LogP contribution in [0.3, 0.4) is 0 Å². The van der Waals surface area contributed by atoms with Crippen molar-refractivity contribution < 1.29 is 9.59 Å². The molecule has 2 aromatic carbocycles. The van der Waals surface area contributed by atoms with Crippen molar-refractivity contribution in [1.29, 1.82) is 0 Å². The van der Waals surface area contributed by atoms with E-state index in [0.717, 1.165) is 82.6 Å². The molecule has 6 nitrogen and oxygen atoms in total. The highest BCUT2D eigenvalue weighted by Crippen LogP contribution is 2.26. The second kappa shape index (κ2) is 9.30. The van der Waals surface area contributed by atoms with E-state index in [0.29, 0.717) is 17.0 Å². The van der Waals surface area contributed by atoms with Crippen molar-refractivity contribution in [1.82, 2.24) is 4.90 Å². The number of nitrogen functional groups attached to an aromatic ring is 1. The van der Waals surface area contributed by atoms with E-state index in [2.05, 4.69) is 26.8 Å². The number of carbonyl (C=O) groups is 2. The van der Waals surface area contributed by atoms with Gasteiger partial charge in [0.1, 0.15) is 0 Å². The molecule has 0 radical (unpaired) electrons. The topological polar surface area (TPSA) is 69.9 Å². The zero-order valence-corrected chi connectivity index (χ0v) is 17.4. The first-order valence-corrected chi connectivity index (χ1v) is 10.8. The van der Waals surface area contributed by atoms with Crippen LogP contribution in [0.2, 0.25) is 0 Å². The first-order chi connectivity index (χ1) is 14.7. The lowest BCUT2D eigenvalue weighted by molar-refractivity contribution is 0.109. The van der Waals surface area contributed by atoms with Crippen LogP contribution in [-0.2, 0) is 0 Å². The Morgan fingerprint density at radius 3 is 2.00 bits per heavy atom. The molecule has 2 heterocycles. The predicted molar refractivity (Wildman–Crippen MR) is 122 cm³/mol. The third kappa shape index (κ3) is 4.65. The normalized spacial score (nSPS) is 18.4. The Balaban J connectivity index is 1.25. The fourth-order valence-corrected chi connectivity index (χ4v) is 4.58. The van der Waals surface area contributed by atoms with E-state index in [9.17, 15) is 9.59 Å². The molecule has 30 heavy (non-hydrogen) atoms. The molecule has 0 unspecified atom stereocenters. The second-order valence-corrected chi connectivity index (χ2v) is 8.36. The van der Waals surface area contributed by atoms with Crippen molar-refractivity contribution in [3.05, 3.63) is 53.6 Å². The Kier molecular flexibility index (Phi) is 6.33.